The molecule has 0 aliphatic heterocycles. The summed E-state index contributed by atoms with van der Waals surface area (Å²) in [6.45, 7) is 1.82. The first kappa shape index (κ1) is 5.28. The van der Waals surface area contributed by atoms with Gasteiger partial charge in [-0.25, -0.2) is 9.97 Å². The average Bonchev–Trinajstić information content (AvgIpc) is 1.77. The van der Waals surface area contributed by atoms with Gasteiger partial charge in [0.1, 0.15) is 13.7 Å². The van der Waals surface area contributed by atoms with E-state index in [0.717, 1.165) is 5.82 Å². The molecule has 0 saturated carbocycles. The molecule has 0 aromatic carbocycles. The first-order valence-electron chi connectivity index (χ1n) is 2.33. The lowest BCUT2D eigenvalue weighted by atomic mass is 10.0. The van der Waals surface area contributed by atoms with Gasteiger partial charge >= 0.3 is 0 Å². The second-order valence-corrected chi connectivity index (χ2v) is 1.56. The second-order valence-electron chi connectivity index (χ2n) is 1.56. The molecule has 8 heavy (non-hydrogen) atoms. The molecule has 2 nitrogen and oxygen atoms in total. The molecule has 0 aliphatic rings. The van der Waals surface area contributed by atoms with Gasteiger partial charge in [-0.05, 0) is 6.92 Å². The predicted octanol–water partition coefficient (Wildman–Crippen LogP) is -0.421. The molecule has 3 heteroatoms. The molecule has 0 unspecified atom stereocenters. The van der Waals surface area contributed by atoms with Crippen LogP contribution in [0.2, 0.25) is 0 Å². The monoisotopic (exact) mass is 104 g/mol. The van der Waals surface area contributed by atoms with Crippen LogP contribution in [-0.2, 0) is 0 Å². The Labute approximate surface area is 49.4 Å². The summed E-state index contributed by atoms with van der Waals surface area (Å²) in [7, 11) is 5.30. The summed E-state index contributed by atoms with van der Waals surface area (Å²) in [5.41, 5.74) is 0.607. The molecule has 1 rings (SSSR count). The van der Waals surface area contributed by atoms with Crippen molar-refractivity contribution in [3.63, 3.8) is 0 Å². The van der Waals surface area contributed by atoms with E-state index in [1.54, 1.807) is 12.4 Å². The summed E-state index contributed by atoms with van der Waals surface area (Å²) in [4.78, 5) is 7.69. The van der Waals surface area contributed by atoms with Crippen LogP contribution in [-0.4, -0.2) is 17.8 Å². The quantitative estimate of drug-likeness (QED) is 0.417. The number of aromatic nitrogens is 2. The molecule has 0 saturated heterocycles. The molecule has 0 spiro atoms. The largest absolute Gasteiger partial charge is 0.242 e. The summed E-state index contributed by atoms with van der Waals surface area (Å²) in [5.74, 6) is 0.749. The van der Waals surface area contributed by atoms with Crippen molar-refractivity contribution < 1.29 is 0 Å². The van der Waals surface area contributed by atoms with E-state index < -0.39 is 0 Å². The first-order valence-corrected chi connectivity index (χ1v) is 2.33. The zero-order valence-corrected chi connectivity index (χ0v) is 4.63. The van der Waals surface area contributed by atoms with Gasteiger partial charge in [0.25, 0.3) is 0 Å². The van der Waals surface area contributed by atoms with Crippen LogP contribution in [0.4, 0.5) is 0 Å². The topological polar surface area (TPSA) is 25.8 Å². The normalized spacial score (nSPS) is 9.12. The highest BCUT2D eigenvalue weighted by Gasteiger charge is 1.82. The van der Waals surface area contributed by atoms with E-state index >= 15 is 0 Å². The van der Waals surface area contributed by atoms with Crippen LogP contribution in [0, 0.1) is 6.92 Å². The van der Waals surface area contributed by atoms with Gasteiger partial charge in [-0.15, -0.1) is 0 Å². The number of hydrogen-bond donors (Lipinski definition) is 0. The zero-order chi connectivity index (χ0) is 5.98. The SMILES string of the molecule is [B]c1cnc(C)nc1. The van der Waals surface area contributed by atoms with Crippen molar-refractivity contribution in [3.05, 3.63) is 18.2 Å². The van der Waals surface area contributed by atoms with Crippen molar-refractivity contribution in [3.8, 4) is 0 Å². The van der Waals surface area contributed by atoms with Gasteiger partial charge in [0.15, 0.2) is 0 Å². The van der Waals surface area contributed by atoms with Gasteiger partial charge in [-0.1, -0.05) is 5.46 Å². The van der Waals surface area contributed by atoms with E-state index in [2.05, 4.69) is 9.97 Å². The van der Waals surface area contributed by atoms with Crippen LogP contribution in [0.3, 0.4) is 0 Å². The van der Waals surface area contributed by atoms with Gasteiger partial charge in [0, 0.05) is 12.4 Å². The average molecular weight is 104 g/mol. The van der Waals surface area contributed by atoms with Crippen molar-refractivity contribution >= 4 is 13.3 Å². The molecule has 1 aromatic heterocycles. The van der Waals surface area contributed by atoms with Gasteiger partial charge in [-0.2, -0.15) is 0 Å². The predicted molar refractivity (Wildman–Crippen MR) is 32.2 cm³/mol. The van der Waals surface area contributed by atoms with Crippen molar-refractivity contribution in [1.29, 1.82) is 0 Å². The van der Waals surface area contributed by atoms with Crippen LogP contribution < -0.4 is 5.46 Å². The summed E-state index contributed by atoms with van der Waals surface area (Å²) < 4.78 is 0. The lowest BCUT2D eigenvalue weighted by Gasteiger charge is -1.88. The molecule has 0 amide bonds. The fourth-order valence-corrected chi connectivity index (χ4v) is 0.403. The van der Waals surface area contributed by atoms with Crippen LogP contribution >= 0.6 is 0 Å². The van der Waals surface area contributed by atoms with Gasteiger partial charge in [0.05, 0.1) is 0 Å². The highest BCUT2D eigenvalue weighted by Crippen LogP contribution is 1.76. The van der Waals surface area contributed by atoms with E-state index in [1.807, 2.05) is 6.92 Å². The van der Waals surface area contributed by atoms with Crippen LogP contribution in [0.15, 0.2) is 12.4 Å². The molecular weight excluding hydrogens is 98.9 g/mol. The van der Waals surface area contributed by atoms with E-state index in [0.29, 0.717) is 5.46 Å². The van der Waals surface area contributed by atoms with Crippen molar-refractivity contribution in [2.24, 2.45) is 0 Å². The molecule has 1 aromatic rings. The fraction of sp³-hybridized carbons (Fsp3) is 0.200. The Hall–Kier alpha value is -0.855. The summed E-state index contributed by atoms with van der Waals surface area (Å²) in [6.07, 6.45) is 3.17. The number of hydrogen-bond acceptors (Lipinski definition) is 2. The first-order chi connectivity index (χ1) is 3.79. The van der Waals surface area contributed by atoms with Crippen molar-refractivity contribution in [2.75, 3.05) is 0 Å². The summed E-state index contributed by atoms with van der Waals surface area (Å²) in [5, 5.41) is 0. The fourth-order valence-electron chi connectivity index (χ4n) is 0.403. The molecule has 2 radical (unpaired) electrons. The molecule has 0 fully saturated rings. The molecule has 0 aliphatic carbocycles. The number of nitrogens with zero attached hydrogens (tertiary/aromatic N) is 2. The van der Waals surface area contributed by atoms with E-state index in [4.69, 9.17) is 7.85 Å². The lowest BCUT2D eigenvalue weighted by molar-refractivity contribution is 1.06. The third-order valence-corrected chi connectivity index (χ3v) is 0.801. The van der Waals surface area contributed by atoms with Gasteiger partial charge < -0.3 is 0 Å². The van der Waals surface area contributed by atoms with Crippen molar-refractivity contribution in [1.82, 2.24) is 9.97 Å². The maximum Gasteiger partial charge on any atom is 0.125 e. The minimum atomic E-state index is 0.607. The smallest absolute Gasteiger partial charge is 0.125 e. The van der Waals surface area contributed by atoms with Crippen LogP contribution in [0.5, 0.6) is 0 Å². The highest BCUT2D eigenvalue weighted by atomic mass is 14.8. The molecular formula is C5H5BN2. The zero-order valence-electron chi connectivity index (χ0n) is 4.63. The Bertz CT molecular complexity index is 149. The molecule has 38 valence electrons. The Morgan fingerprint density at radius 3 is 2.25 bits per heavy atom. The maximum absolute atomic E-state index is 5.30. The number of rotatable bonds is 0. The van der Waals surface area contributed by atoms with E-state index in [1.165, 1.54) is 0 Å². The third kappa shape index (κ3) is 1.06. The highest BCUT2D eigenvalue weighted by molar-refractivity contribution is 6.31. The van der Waals surface area contributed by atoms with Crippen LogP contribution in [0.1, 0.15) is 5.82 Å². The minimum Gasteiger partial charge on any atom is -0.242 e. The van der Waals surface area contributed by atoms with Gasteiger partial charge in [-0.3, -0.25) is 0 Å². The minimum absolute atomic E-state index is 0.607. The Balaban J connectivity index is 3.03. The Morgan fingerprint density at radius 2 is 1.88 bits per heavy atom. The maximum atomic E-state index is 5.30. The lowest BCUT2D eigenvalue weighted by Crippen LogP contribution is -2.04. The molecule has 0 N–H and O–H groups in total. The summed E-state index contributed by atoms with van der Waals surface area (Å²) >= 11 is 0. The Kier molecular flexibility index (Phi) is 1.28. The molecule has 0 atom stereocenters. The molecule has 0 bridgehead atoms. The van der Waals surface area contributed by atoms with Crippen molar-refractivity contribution in [2.45, 2.75) is 6.92 Å². The number of aryl methyl sites for hydroxylation is 1. The molecule has 1 heterocycles. The standard InChI is InChI=1S/C5H5BN2/c1-4-7-2-5(6)3-8-4/h2-3H,1H3. The van der Waals surface area contributed by atoms with Gasteiger partial charge in [0.2, 0.25) is 0 Å². The van der Waals surface area contributed by atoms with Crippen LogP contribution in [0.25, 0.3) is 0 Å². The van der Waals surface area contributed by atoms with E-state index in [-0.39, 0.29) is 0 Å². The third-order valence-electron chi connectivity index (χ3n) is 0.801. The summed E-state index contributed by atoms with van der Waals surface area (Å²) in [6, 6.07) is 0. The Morgan fingerprint density at radius 1 is 1.38 bits per heavy atom. The second kappa shape index (κ2) is 1.94. The van der Waals surface area contributed by atoms with E-state index in [9.17, 15) is 0 Å².